The first-order chi connectivity index (χ1) is 8.41. The van der Waals surface area contributed by atoms with E-state index >= 15 is 0 Å². The molecule has 2 heterocycles. The lowest BCUT2D eigenvalue weighted by atomic mass is 10.0. The molecule has 2 aromatic rings. The van der Waals surface area contributed by atoms with Gasteiger partial charge in [0, 0.05) is 18.5 Å². The first kappa shape index (κ1) is 12.8. The lowest BCUT2D eigenvalue weighted by molar-refractivity contribution is -0.141. The Morgan fingerprint density at radius 3 is 2.78 bits per heavy atom. The molecule has 0 spiro atoms. The predicted octanol–water partition coefficient (Wildman–Crippen LogP) is 2.20. The van der Waals surface area contributed by atoms with Crippen LogP contribution in [0.1, 0.15) is 30.5 Å². The lowest BCUT2D eigenvalue weighted by Crippen LogP contribution is -2.07. The minimum absolute atomic E-state index is 0.144. The molecular formula is C11H13F3N4. The van der Waals surface area contributed by atoms with Gasteiger partial charge in [0.15, 0.2) is 11.3 Å². The van der Waals surface area contributed by atoms with Crippen molar-refractivity contribution >= 4 is 5.65 Å². The Labute approximate surface area is 102 Å². The van der Waals surface area contributed by atoms with E-state index in [0.29, 0.717) is 6.54 Å². The van der Waals surface area contributed by atoms with Crippen LogP contribution in [0.4, 0.5) is 13.2 Å². The van der Waals surface area contributed by atoms with Crippen molar-refractivity contribution in [3.63, 3.8) is 0 Å². The van der Waals surface area contributed by atoms with Gasteiger partial charge in [-0.25, -0.2) is 9.50 Å². The number of hydrogen-bond acceptors (Lipinski definition) is 3. The van der Waals surface area contributed by atoms with E-state index in [1.807, 2.05) is 6.92 Å². The Hall–Kier alpha value is -1.63. The standard InChI is InChI=1S/C11H13F3N4/c1-7(2-3-15)8-5-16-10-4-9(11(12,13)14)17-18(10)6-8/h4-7H,2-3,15H2,1H3. The van der Waals surface area contributed by atoms with E-state index in [2.05, 4.69) is 10.1 Å². The topological polar surface area (TPSA) is 56.2 Å². The molecule has 2 N–H and O–H groups in total. The molecule has 0 saturated carbocycles. The fourth-order valence-electron chi connectivity index (χ4n) is 1.70. The quantitative estimate of drug-likeness (QED) is 0.918. The summed E-state index contributed by atoms with van der Waals surface area (Å²) >= 11 is 0. The van der Waals surface area contributed by atoms with Gasteiger partial charge in [0.2, 0.25) is 0 Å². The second kappa shape index (κ2) is 4.56. The molecule has 0 radical (unpaired) electrons. The number of halogens is 3. The van der Waals surface area contributed by atoms with Crippen LogP contribution in [0.15, 0.2) is 18.5 Å². The lowest BCUT2D eigenvalue weighted by Gasteiger charge is -2.09. The van der Waals surface area contributed by atoms with E-state index in [-0.39, 0.29) is 11.6 Å². The van der Waals surface area contributed by atoms with Crippen molar-refractivity contribution in [3.05, 3.63) is 29.7 Å². The van der Waals surface area contributed by atoms with Crippen LogP contribution in [-0.4, -0.2) is 21.1 Å². The van der Waals surface area contributed by atoms with Crippen molar-refractivity contribution < 1.29 is 13.2 Å². The van der Waals surface area contributed by atoms with Gasteiger partial charge in [-0.1, -0.05) is 6.92 Å². The van der Waals surface area contributed by atoms with E-state index in [0.717, 1.165) is 22.6 Å². The van der Waals surface area contributed by atoms with Crippen molar-refractivity contribution in [2.24, 2.45) is 5.73 Å². The first-order valence-corrected chi connectivity index (χ1v) is 5.54. The monoisotopic (exact) mass is 258 g/mol. The molecule has 0 aromatic carbocycles. The summed E-state index contributed by atoms with van der Waals surface area (Å²) in [5, 5.41) is 3.49. The van der Waals surface area contributed by atoms with Crippen LogP contribution in [0.2, 0.25) is 0 Å². The summed E-state index contributed by atoms with van der Waals surface area (Å²) in [6.07, 6.45) is -0.563. The van der Waals surface area contributed by atoms with Gasteiger partial charge in [-0.2, -0.15) is 18.3 Å². The van der Waals surface area contributed by atoms with Crippen LogP contribution in [0.25, 0.3) is 5.65 Å². The molecule has 2 rings (SSSR count). The van der Waals surface area contributed by atoms with Gasteiger partial charge in [0.25, 0.3) is 0 Å². The second-order valence-corrected chi connectivity index (χ2v) is 4.20. The molecular weight excluding hydrogens is 245 g/mol. The number of nitrogens with two attached hydrogens (primary N) is 1. The summed E-state index contributed by atoms with van der Waals surface area (Å²) < 4.78 is 38.6. The predicted molar refractivity (Wildman–Crippen MR) is 60.1 cm³/mol. The Bertz CT molecular complexity index is 547. The molecule has 0 aliphatic heterocycles. The van der Waals surface area contributed by atoms with Crippen LogP contribution in [0, 0.1) is 0 Å². The summed E-state index contributed by atoms with van der Waals surface area (Å²) in [5.41, 5.74) is 5.53. The first-order valence-electron chi connectivity index (χ1n) is 5.54. The zero-order valence-corrected chi connectivity index (χ0v) is 9.78. The van der Waals surface area contributed by atoms with Crippen molar-refractivity contribution in [2.75, 3.05) is 6.54 Å². The summed E-state index contributed by atoms with van der Waals surface area (Å²) in [6, 6.07) is 0.928. The molecule has 0 fully saturated rings. The largest absolute Gasteiger partial charge is 0.435 e. The zero-order valence-electron chi connectivity index (χ0n) is 9.78. The van der Waals surface area contributed by atoms with Crippen LogP contribution in [0.3, 0.4) is 0 Å². The number of aromatic nitrogens is 3. The maximum atomic E-state index is 12.5. The van der Waals surface area contributed by atoms with Gasteiger partial charge in [0.05, 0.1) is 0 Å². The maximum absolute atomic E-state index is 12.5. The molecule has 1 unspecified atom stereocenters. The van der Waals surface area contributed by atoms with E-state index < -0.39 is 11.9 Å². The van der Waals surface area contributed by atoms with Gasteiger partial charge in [-0.3, -0.25) is 0 Å². The van der Waals surface area contributed by atoms with E-state index in [9.17, 15) is 13.2 Å². The molecule has 0 amide bonds. The smallest absolute Gasteiger partial charge is 0.330 e. The van der Waals surface area contributed by atoms with Crippen molar-refractivity contribution in [2.45, 2.75) is 25.4 Å². The van der Waals surface area contributed by atoms with Gasteiger partial charge in [-0.05, 0) is 24.4 Å². The fraction of sp³-hybridized carbons (Fsp3) is 0.455. The van der Waals surface area contributed by atoms with Crippen molar-refractivity contribution in [1.82, 2.24) is 14.6 Å². The average molecular weight is 258 g/mol. The van der Waals surface area contributed by atoms with E-state index in [4.69, 9.17) is 5.73 Å². The third kappa shape index (κ3) is 2.45. The van der Waals surface area contributed by atoms with Gasteiger partial charge in [0.1, 0.15) is 0 Å². The Morgan fingerprint density at radius 2 is 2.17 bits per heavy atom. The molecule has 1 atom stereocenters. The normalized spacial score (nSPS) is 14.1. The SMILES string of the molecule is CC(CCN)c1cnc2cc(C(F)(F)F)nn2c1. The highest BCUT2D eigenvalue weighted by molar-refractivity contribution is 5.40. The van der Waals surface area contributed by atoms with Crippen LogP contribution < -0.4 is 5.73 Å². The molecule has 0 saturated heterocycles. The highest BCUT2D eigenvalue weighted by Crippen LogP contribution is 2.28. The number of nitrogens with zero attached hydrogens (tertiary/aromatic N) is 3. The van der Waals surface area contributed by atoms with E-state index in [1.165, 1.54) is 0 Å². The number of fused-ring (bicyclic) bond motifs is 1. The maximum Gasteiger partial charge on any atom is 0.435 e. The highest BCUT2D eigenvalue weighted by Gasteiger charge is 2.34. The van der Waals surface area contributed by atoms with Gasteiger partial charge >= 0.3 is 6.18 Å². The molecule has 98 valence electrons. The molecule has 0 bridgehead atoms. The highest BCUT2D eigenvalue weighted by atomic mass is 19.4. The van der Waals surface area contributed by atoms with Crippen LogP contribution >= 0.6 is 0 Å². The zero-order chi connectivity index (χ0) is 13.3. The summed E-state index contributed by atoms with van der Waals surface area (Å²) in [4.78, 5) is 3.98. The molecule has 18 heavy (non-hydrogen) atoms. The minimum Gasteiger partial charge on any atom is -0.330 e. The Kier molecular flexibility index (Phi) is 3.25. The van der Waals surface area contributed by atoms with Crippen molar-refractivity contribution in [3.8, 4) is 0 Å². The van der Waals surface area contributed by atoms with Crippen molar-refractivity contribution in [1.29, 1.82) is 0 Å². The average Bonchev–Trinajstić information content (AvgIpc) is 2.71. The third-order valence-electron chi connectivity index (χ3n) is 2.79. The van der Waals surface area contributed by atoms with Crippen LogP contribution in [-0.2, 0) is 6.18 Å². The summed E-state index contributed by atoms with van der Waals surface area (Å²) in [6.45, 7) is 2.47. The Balaban J connectivity index is 2.40. The van der Waals surface area contributed by atoms with Crippen LogP contribution in [0.5, 0.6) is 0 Å². The third-order valence-corrected chi connectivity index (χ3v) is 2.79. The molecule has 0 aliphatic rings. The molecule has 2 aromatic heterocycles. The van der Waals surface area contributed by atoms with Gasteiger partial charge < -0.3 is 5.73 Å². The molecule has 0 aliphatic carbocycles. The molecule has 4 nitrogen and oxygen atoms in total. The minimum atomic E-state index is -4.45. The molecule has 7 heteroatoms. The number of hydrogen-bond donors (Lipinski definition) is 1. The number of rotatable bonds is 3. The fourth-order valence-corrected chi connectivity index (χ4v) is 1.70. The summed E-state index contributed by atoms with van der Waals surface area (Å²) in [7, 11) is 0. The summed E-state index contributed by atoms with van der Waals surface area (Å²) in [5.74, 6) is 0.144. The van der Waals surface area contributed by atoms with E-state index in [1.54, 1.807) is 12.4 Å². The van der Waals surface area contributed by atoms with Gasteiger partial charge in [-0.15, -0.1) is 0 Å². The number of alkyl halides is 3. The second-order valence-electron chi connectivity index (χ2n) is 4.20. The Morgan fingerprint density at radius 1 is 1.44 bits per heavy atom.